The minimum atomic E-state index is -0.00123. The Hall–Kier alpha value is -0.900. The van der Waals surface area contributed by atoms with Crippen molar-refractivity contribution in [2.24, 2.45) is 0 Å². The van der Waals surface area contributed by atoms with Crippen LogP contribution in [0.15, 0.2) is 12.7 Å². The highest BCUT2D eigenvalue weighted by Gasteiger charge is 2.03. The lowest BCUT2D eigenvalue weighted by atomic mass is 10.2. The Bertz CT molecular complexity index is 236. The maximum Gasteiger partial charge on any atom is 0.149 e. The minimum Gasteiger partial charge on any atom is -0.357 e. The fraction of sp³-hybridized carbons (Fsp3) is 0.818. The van der Waals surface area contributed by atoms with Crippen molar-refractivity contribution in [3.63, 3.8) is 0 Å². The summed E-state index contributed by atoms with van der Waals surface area (Å²) in [6.07, 6.45) is 9.55. The van der Waals surface area contributed by atoms with Gasteiger partial charge in [-0.1, -0.05) is 32.6 Å². The highest BCUT2D eigenvalue weighted by Crippen LogP contribution is 2.07. The number of aromatic nitrogens is 3. The molecule has 0 aliphatic heterocycles. The maximum absolute atomic E-state index is 5.63. The molecule has 0 bridgehead atoms. The van der Waals surface area contributed by atoms with Crippen LogP contribution >= 0.6 is 0 Å². The summed E-state index contributed by atoms with van der Waals surface area (Å²) in [7, 11) is 0. The van der Waals surface area contributed by atoms with E-state index in [2.05, 4.69) is 17.0 Å². The minimum absolute atomic E-state index is 0.00123. The molecule has 0 saturated carbocycles. The third kappa shape index (κ3) is 4.93. The van der Waals surface area contributed by atoms with Gasteiger partial charge in [0.2, 0.25) is 0 Å². The lowest BCUT2D eigenvalue weighted by Crippen LogP contribution is -2.10. The van der Waals surface area contributed by atoms with E-state index in [1.54, 1.807) is 11.0 Å². The van der Waals surface area contributed by atoms with Crippen molar-refractivity contribution in [1.82, 2.24) is 14.8 Å². The Morgan fingerprint density at radius 2 is 2.07 bits per heavy atom. The standard InChI is InChI=1S/C11H21N3O/c1-3-4-5-6-7-8-15-11(2)14-10-12-9-13-14/h9-11H,3-8H2,1-2H3. The Labute approximate surface area is 91.7 Å². The summed E-state index contributed by atoms with van der Waals surface area (Å²) in [5.41, 5.74) is 0. The Kier molecular flexibility index (Phi) is 6.00. The molecule has 0 radical (unpaired) electrons. The summed E-state index contributed by atoms with van der Waals surface area (Å²) < 4.78 is 7.36. The first kappa shape index (κ1) is 12.2. The summed E-state index contributed by atoms with van der Waals surface area (Å²) in [5, 5.41) is 4.03. The monoisotopic (exact) mass is 211 g/mol. The van der Waals surface area contributed by atoms with E-state index < -0.39 is 0 Å². The SMILES string of the molecule is CCCCCCCOC(C)n1cncn1. The molecule has 86 valence electrons. The zero-order valence-electron chi connectivity index (χ0n) is 9.72. The first-order valence-corrected chi connectivity index (χ1v) is 5.80. The first-order chi connectivity index (χ1) is 7.34. The summed E-state index contributed by atoms with van der Waals surface area (Å²) in [4.78, 5) is 3.88. The van der Waals surface area contributed by atoms with Crippen molar-refractivity contribution in [3.05, 3.63) is 12.7 Å². The van der Waals surface area contributed by atoms with Crippen LogP contribution in [0.4, 0.5) is 0 Å². The van der Waals surface area contributed by atoms with Gasteiger partial charge in [-0.2, -0.15) is 5.10 Å². The molecule has 0 N–H and O–H groups in total. The predicted molar refractivity (Wildman–Crippen MR) is 59.4 cm³/mol. The number of ether oxygens (including phenoxy) is 1. The number of rotatable bonds is 8. The Morgan fingerprint density at radius 1 is 1.27 bits per heavy atom. The molecule has 0 saturated heterocycles. The molecule has 1 aromatic rings. The lowest BCUT2D eigenvalue weighted by molar-refractivity contribution is 0.00555. The summed E-state index contributed by atoms with van der Waals surface area (Å²) in [6, 6.07) is 0. The van der Waals surface area contributed by atoms with Crippen LogP contribution in [0.3, 0.4) is 0 Å². The number of unbranched alkanes of at least 4 members (excludes halogenated alkanes) is 4. The van der Waals surface area contributed by atoms with E-state index in [1.807, 2.05) is 6.92 Å². The molecule has 4 heteroatoms. The highest BCUT2D eigenvalue weighted by atomic mass is 16.5. The highest BCUT2D eigenvalue weighted by molar-refractivity contribution is 4.58. The van der Waals surface area contributed by atoms with E-state index in [-0.39, 0.29) is 6.23 Å². The molecule has 1 atom stereocenters. The molecule has 1 heterocycles. The summed E-state index contributed by atoms with van der Waals surface area (Å²) in [6.45, 7) is 5.02. The van der Waals surface area contributed by atoms with Gasteiger partial charge < -0.3 is 4.74 Å². The molecule has 1 aromatic heterocycles. The quantitative estimate of drug-likeness (QED) is 0.621. The molecule has 4 nitrogen and oxygen atoms in total. The molecule has 0 amide bonds. The average Bonchev–Trinajstić information content (AvgIpc) is 2.76. The van der Waals surface area contributed by atoms with Gasteiger partial charge in [0, 0.05) is 6.61 Å². The maximum atomic E-state index is 5.63. The van der Waals surface area contributed by atoms with E-state index in [0.29, 0.717) is 0 Å². The van der Waals surface area contributed by atoms with E-state index in [0.717, 1.165) is 13.0 Å². The van der Waals surface area contributed by atoms with Crippen LogP contribution in [0, 0.1) is 0 Å². The van der Waals surface area contributed by atoms with Crippen LogP contribution in [-0.2, 0) is 4.74 Å². The second-order valence-corrected chi connectivity index (χ2v) is 3.76. The smallest absolute Gasteiger partial charge is 0.149 e. The molecule has 1 unspecified atom stereocenters. The van der Waals surface area contributed by atoms with Crippen molar-refractivity contribution in [3.8, 4) is 0 Å². The van der Waals surface area contributed by atoms with Crippen molar-refractivity contribution in [1.29, 1.82) is 0 Å². The molecule has 0 aliphatic rings. The van der Waals surface area contributed by atoms with Gasteiger partial charge >= 0.3 is 0 Å². The van der Waals surface area contributed by atoms with E-state index in [9.17, 15) is 0 Å². The summed E-state index contributed by atoms with van der Waals surface area (Å²) >= 11 is 0. The fourth-order valence-corrected chi connectivity index (χ4v) is 1.44. The lowest BCUT2D eigenvalue weighted by Gasteiger charge is -2.12. The van der Waals surface area contributed by atoms with Crippen LogP contribution in [0.2, 0.25) is 0 Å². The van der Waals surface area contributed by atoms with E-state index in [4.69, 9.17) is 4.74 Å². The van der Waals surface area contributed by atoms with E-state index in [1.165, 1.54) is 32.0 Å². The van der Waals surface area contributed by atoms with Gasteiger partial charge in [-0.25, -0.2) is 9.67 Å². The predicted octanol–water partition coefficient (Wildman–Crippen LogP) is 2.78. The van der Waals surface area contributed by atoms with Gasteiger partial charge in [0.15, 0.2) is 0 Å². The van der Waals surface area contributed by atoms with Crippen LogP contribution in [0.1, 0.15) is 52.2 Å². The van der Waals surface area contributed by atoms with Gasteiger partial charge in [-0.3, -0.25) is 0 Å². The molecule has 0 spiro atoms. The average molecular weight is 211 g/mol. The van der Waals surface area contributed by atoms with Gasteiger partial charge in [0.25, 0.3) is 0 Å². The van der Waals surface area contributed by atoms with Crippen molar-refractivity contribution >= 4 is 0 Å². The number of hydrogen-bond donors (Lipinski definition) is 0. The fourth-order valence-electron chi connectivity index (χ4n) is 1.44. The van der Waals surface area contributed by atoms with Crippen LogP contribution in [0.25, 0.3) is 0 Å². The van der Waals surface area contributed by atoms with Gasteiger partial charge in [0.05, 0.1) is 0 Å². The second kappa shape index (κ2) is 7.40. The zero-order valence-corrected chi connectivity index (χ0v) is 9.72. The molecule has 0 aromatic carbocycles. The first-order valence-electron chi connectivity index (χ1n) is 5.80. The number of hydrogen-bond acceptors (Lipinski definition) is 3. The molecule has 15 heavy (non-hydrogen) atoms. The molecular weight excluding hydrogens is 190 g/mol. The zero-order chi connectivity index (χ0) is 10.9. The summed E-state index contributed by atoms with van der Waals surface area (Å²) in [5.74, 6) is 0. The third-order valence-electron chi connectivity index (χ3n) is 2.42. The number of nitrogens with zero attached hydrogens (tertiary/aromatic N) is 3. The van der Waals surface area contributed by atoms with Crippen LogP contribution in [0.5, 0.6) is 0 Å². The Balaban J connectivity index is 2.00. The van der Waals surface area contributed by atoms with Gasteiger partial charge in [-0.05, 0) is 13.3 Å². The van der Waals surface area contributed by atoms with Gasteiger partial charge in [0.1, 0.15) is 18.9 Å². The van der Waals surface area contributed by atoms with E-state index >= 15 is 0 Å². The van der Waals surface area contributed by atoms with Crippen molar-refractivity contribution < 1.29 is 4.74 Å². The Morgan fingerprint density at radius 3 is 2.73 bits per heavy atom. The van der Waals surface area contributed by atoms with Gasteiger partial charge in [-0.15, -0.1) is 0 Å². The largest absolute Gasteiger partial charge is 0.357 e. The molecule has 0 fully saturated rings. The normalized spacial score (nSPS) is 12.9. The third-order valence-corrected chi connectivity index (χ3v) is 2.42. The van der Waals surface area contributed by atoms with Crippen LogP contribution in [-0.4, -0.2) is 21.4 Å². The topological polar surface area (TPSA) is 39.9 Å². The second-order valence-electron chi connectivity index (χ2n) is 3.76. The van der Waals surface area contributed by atoms with Crippen molar-refractivity contribution in [2.75, 3.05) is 6.61 Å². The molecule has 1 rings (SSSR count). The van der Waals surface area contributed by atoms with Crippen LogP contribution < -0.4 is 0 Å². The van der Waals surface area contributed by atoms with Crippen molar-refractivity contribution in [2.45, 2.75) is 52.2 Å². The molecular formula is C11H21N3O. The molecule has 0 aliphatic carbocycles.